The fourth-order valence-electron chi connectivity index (χ4n) is 8.55. The number of fused-ring (bicyclic) bond motifs is 10. The highest BCUT2D eigenvalue weighted by molar-refractivity contribution is 6.18. The predicted octanol–water partition coefficient (Wildman–Crippen LogP) is 13.1. The minimum absolute atomic E-state index is 0.435. The summed E-state index contributed by atoms with van der Waals surface area (Å²) in [6, 6.07) is 61.6. The van der Waals surface area contributed by atoms with E-state index in [9.17, 15) is 0 Å². The largest absolute Gasteiger partial charge is 0.456 e. The van der Waals surface area contributed by atoms with Gasteiger partial charge in [-0.1, -0.05) is 140 Å². The monoisotopic (exact) mass is 717 g/mol. The highest BCUT2D eigenvalue weighted by Gasteiger charge is 2.25. The molecule has 56 heavy (non-hydrogen) atoms. The molecular formula is C51H31N3O2. The van der Waals surface area contributed by atoms with Crippen molar-refractivity contribution in [2.75, 3.05) is 0 Å². The quantitative estimate of drug-likeness (QED) is 0.197. The fourth-order valence-corrected chi connectivity index (χ4v) is 8.55. The summed E-state index contributed by atoms with van der Waals surface area (Å²) in [5.74, 6) is 1.45. The van der Waals surface area contributed by atoms with E-state index in [-0.39, 0.29) is 0 Å². The third-order valence-electron chi connectivity index (χ3n) is 11.3. The maximum absolute atomic E-state index is 6.75. The molecule has 3 heterocycles. The van der Waals surface area contributed by atoms with E-state index in [2.05, 4.69) is 175 Å². The number of nitrogens with zero attached hydrogens (tertiary/aromatic N) is 2. The molecule has 0 fully saturated rings. The molecule has 0 aliphatic carbocycles. The van der Waals surface area contributed by atoms with Gasteiger partial charge in [0.15, 0.2) is 5.84 Å². The Morgan fingerprint density at radius 1 is 0.429 bits per heavy atom. The highest BCUT2D eigenvalue weighted by atomic mass is 16.3. The van der Waals surface area contributed by atoms with Crippen LogP contribution in [0.1, 0.15) is 22.9 Å². The fraction of sp³-hybridized carbons (Fsp3) is 0.0196. The van der Waals surface area contributed by atoms with Crippen LogP contribution in [0.5, 0.6) is 0 Å². The number of furan rings is 2. The van der Waals surface area contributed by atoms with Crippen LogP contribution < -0.4 is 5.32 Å². The number of benzene rings is 9. The molecular weight excluding hydrogens is 687 g/mol. The highest BCUT2D eigenvalue weighted by Crippen LogP contribution is 2.42. The molecule has 1 unspecified atom stereocenters. The standard InChI is InChI=1S/C51H31N3O2/c1-3-12-33-27-36(21-19-30(33)9-1)49-52-50(37-22-20-31-10-2-4-13-34(31)28-37)54-51(53-49)42-17-8-18-45-46(42)43-29-35(24-26-44(43)55-45)39-15-7-16-40-41-25-23-32-11-5-6-14-38(32)47(41)56-48(39)40/h1-29,51H,(H,52,53,54). The zero-order valence-corrected chi connectivity index (χ0v) is 30.0. The van der Waals surface area contributed by atoms with Crippen LogP contribution in [0.4, 0.5) is 0 Å². The average molecular weight is 718 g/mol. The van der Waals surface area contributed by atoms with Crippen molar-refractivity contribution in [3.63, 3.8) is 0 Å². The van der Waals surface area contributed by atoms with Gasteiger partial charge in [0.25, 0.3) is 0 Å². The Labute approximate surface area is 320 Å². The Kier molecular flexibility index (Phi) is 6.63. The lowest BCUT2D eigenvalue weighted by molar-refractivity contribution is 0.662. The Morgan fingerprint density at radius 3 is 1.93 bits per heavy atom. The molecule has 12 rings (SSSR count). The molecule has 0 amide bonds. The van der Waals surface area contributed by atoms with E-state index >= 15 is 0 Å². The van der Waals surface area contributed by atoms with Crippen LogP contribution in [0, 0.1) is 0 Å². The van der Waals surface area contributed by atoms with E-state index in [0.717, 1.165) is 99.1 Å². The van der Waals surface area contributed by atoms with Gasteiger partial charge in [-0.3, -0.25) is 0 Å². The first-order valence-electron chi connectivity index (χ1n) is 18.9. The molecule has 1 aliphatic rings. The normalized spacial score (nSPS) is 14.6. The molecule has 0 radical (unpaired) electrons. The topological polar surface area (TPSA) is 63.0 Å². The lowest BCUT2D eigenvalue weighted by Gasteiger charge is -2.24. The van der Waals surface area contributed by atoms with Crippen molar-refractivity contribution < 1.29 is 8.83 Å². The first-order chi connectivity index (χ1) is 27.7. The lowest BCUT2D eigenvalue weighted by atomic mass is 9.98. The first-order valence-corrected chi connectivity index (χ1v) is 18.9. The minimum Gasteiger partial charge on any atom is -0.456 e. The average Bonchev–Trinajstić information content (AvgIpc) is 3.84. The summed E-state index contributed by atoms with van der Waals surface area (Å²) in [5, 5.41) is 14.9. The van der Waals surface area contributed by atoms with Crippen molar-refractivity contribution in [1.82, 2.24) is 5.32 Å². The maximum Gasteiger partial charge on any atom is 0.159 e. The molecule has 5 heteroatoms. The van der Waals surface area contributed by atoms with Crippen molar-refractivity contribution in [1.29, 1.82) is 0 Å². The van der Waals surface area contributed by atoms with Gasteiger partial charge in [-0.15, -0.1) is 0 Å². The Morgan fingerprint density at radius 2 is 1.09 bits per heavy atom. The van der Waals surface area contributed by atoms with Gasteiger partial charge in [-0.2, -0.15) is 0 Å². The lowest BCUT2D eigenvalue weighted by Crippen LogP contribution is -2.33. The SMILES string of the molecule is c1ccc2cc(C3=NC(c4cccc5oc6ccc(-c7cccc8c7oc7c9ccccc9ccc87)cc6c45)NC(c4ccc5ccccc5c4)=N3)ccc2c1. The van der Waals surface area contributed by atoms with Crippen LogP contribution in [0.25, 0.3) is 87.3 Å². The molecule has 0 spiro atoms. The first kappa shape index (κ1) is 30.9. The van der Waals surface area contributed by atoms with E-state index in [1.165, 1.54) is 10.8 Å². The summed E-state index contributed by atoms with van der Waals surface area (Å²) in [6.07, 6.45) is -0.435. The Hall–Kier alpha value is -7.50. The number of rotatable bonds is 4. The number of hydrogen-bond donors (Lipinski definition) is 1. The van der Waals surface area contributed by atoms with Crippen LogP contribution in [0.3, 0.4) is 0 Å². The van der Waals surface area contributed by atoms with Gasteiger partial charge < -0.3 is 14.2 Å². The van der Waals surface area contributed by atoms with Crippen molar-refractivity contribution in [3.8, 4) is 11.1 Å². The summed E-state index contributed by atoms with van der Waals surface area (Å²) in [7, 11) is 0. The van der Waals surface area contributed by atoms with Gasteiger partial charge in [0.05, 0.1) is 0 Å². The van der Waals surface area contributed by atoms with Gasteiger partial charge in [-0.25, -0.2) is 9.98 Å². The molecule has 1 N–H and O–H groups in total. The van der Waals surface area contributed by atoms with Crippen LogP contribution in [0.2, 0.25) is 0 Å². The van der Waals surface area contributed by atoms with Gasteiger partial charge in [0, 0.05) is 49.2 Å². The second-order valence-corrected chi connectivity index (χ2v) is 14.6. The van der Waals surface area contributed by atoms with Gasteiger partial charge >= 0.3 is 0 Å². The van der Waals surface area contributed by atoms with Gasteiger partial charge in [0.1, 0.15) is 34.3 Å². The molecule has 1 aliphatic heterocycles. The van der Waals surface area contributed by atoms with Crippen LogP contribution >= 0.6 is 0 Å². The molecule has 262 valence electrons. The molecule has 5 nitrogen and oxygen atoms in total. The summed E-state index contributed by atoms with van der Waals surface area (Å²) >= 11 is 0. The Bertz CT molecular complexity index is 3480. The smallest absolute Gasteiger partial charge is 0.159 e. The van der Waals surface area contributed by atoms with E-state index in [1.54, 1.807) is 0 Å². The minimum atomic E-state index is -0.435. The van der Waals surface area contributed by atoms with E-state index in [4.69, 9.17) is 18.8 Å². The van der Waals surface area contributed by atoms with Gasteiger partial charge in [-0.05, 0) is 68.9 Å². The predicted molar refractivity (Wildman–Crippen MR) is 231 cm³/mol. The summed E-state index contributed by atoms with van der Waals surface area (Å²) in [5.41, 5.74) is 8.48. The number of hydrogen-bond acceptors (Lipinski definition) is 5. The van der Waals surface area contributed by atoms with Crippen LogP contribution in [-0.4, -0.2) is 11.7 Å². The number of amidine groups is 2. The van der Waals surface area contributed by atoms with Crippen LogP contribution in [-0.2, 0) is 0 Å². The molecule has 11 aromatic rings. The zero-order valence-electron chi connectivity index (χ0n) is 30.0. The van der Waals surface area contributed by atoms with E-state index in [0.29, 0.717) is 5.84 Å². The second-order valence-electron chi connectivity index (χ2n) is 14.6. The third kappa shape index (κ3) is 4.81. The van der Waals surface area contributed by atoms with E-state index in [1.807, 2.05) is 6.07 Å². The summed E-state index contributed by atoms with van der Waals surface area (Å²) in [6.45, 7) is 0. The molecule has 9 aromatic carbocycles. The van der Waals surface area contributed by atoms with Gasteiger partial charge in [0.2, 0.25) is 0 Å². The van der Waals surface area contributed by atoms with E-state index < -0.39 is 6.17 Å². The zero-order chi connectivity index (χ0) is 36.7. The maximum atomic E-state index is 6.75. The second kappa shape index (κ2) is 12.0. The molecule has 0 bridgehead atoms. The van der Waals surface area contributed by atoms with Crippen LogP contribution in [0.15, 0.2) is 195 Å². The van der Waals surface area contributed by atoms with Crippen molar-refractivity contribution in [3.05, 3.63) is 193 Å². The number of nitrogens with one attached hydrogen (secondary N) is 1. The third-order valence-corrected chi connectivity index (χ3v) is 11.3. The summed E-state index contributed by atoms with van der Waals surface area (Å²) < 4.78 is 13.3. The molecule has 1 atom stereocenters. The molecule has 2 aromatic heterocycles. The molecule has 0 saturated heterocycles. The van der Waals surface area contributed by atoms with Crippen molar-refractivity contribution in [2.45, 2.75) is 6.17 Å². The summed E-state index contributed by atoms with van der Waals surface area (Å²) in [4.78, 5) is 10.5. The Balaban J connectivity index is 1.03. The number of para-hydroxylation sites is 1. The molecule has 0 saturated carbocycles. The number of aliphatic imine (C=N–C) groups is 2. The van der Waals surface area contributed by atoms with Crippen molar-refractivity contribution in [2.24, 2.45) is 9.98 Å². The van der Waals surface area contributed by atoms with Crippen molar-refractivity contribution >= 4 is 87.9 Å².